The van der Waals surface area contributed by atoms with Gasteiger partial charge in [-0.1, -0.05) is 11.6 Å². The number of nitrogens with one attached hydrogen (secondary N) is 2. The highest BCUT2D eigenvalue weighted by atomic mass is 35.5. The van der Waals surface area contributed by atoms with E-state index in [1.54, 1.807) is 31.5 Å². The SMILES string of the molecule is CN/C=C1/C=CC(Cl)=CC1=N. The molecule has 2 nitrogen and oxygen atoms in total. The maximum Gasteiger partial charge on any atom is 0.0641 e. The fourth-order valence-electron chi connectivity index (χ4n) is 0.810. The van der Waals surface area contributed by atoms with E-state index in [0.29, 0.717) is 10.7 Å². The summed E-state index contributed by atoms with van der Waals surface area (Å²) in [6.45, 7) is 0. The summed E-state index contributed by atoms with van der Waals surface area (Å²) in [6.07, 6.45) is 6.95. The summed E-state index contributed by atoms with van der Waals surface area (Å²) in [6, 6.07) is 0. The second kappa shape index (κ2) is 3.39. The highest BCUT2D eigenvalue weighted by Gasteiger charge is 2.03. The third-order valence-corrected chi connectivity index (χ3v) is 1.55. The van der Waals surface area contributed by atoms with Gasteiger partial charge in [0.2, 0.25) is 0 Å². The lowest BCUT2D eigenvalue weighted by Crippen LogP contribution is -2.04. The van der Waals surface area contributed by atoms with Gasteiger partial charge in [-0.15, -0.1) is 0 Å². The zero-order valence-corrected chi connectivity index (χ0v) is 6.94. The molecule has 2 N–H and O–H groups in total. The van der Waals surface area contributed by atoms with Gasteiger partial charge >= 0.3 is 0 Å². The lowest BCUT2D eigenvalue weighted by molar-refractivity contribution is 1.09. The highest BCUT2D eigenvalue weighted by Crippen LogP contribution is 2.14. The molecule has 1 aliphatic rings. The van der Waals surface area contributed by atoms with Crippen LogP contribution in [0.5, 0.6) is 0 Å². The molecule has 1 rings (SSSR count). The molecule has 0 radical (unpaired) electrons. The lowest BCUT2D eigenvalue weighted by Gasteiger charge is -2.05. The topological polar surface area (TPSA) is 35.9 Å². The smallest absolute Gasteiger partial charge is 0.0641 e. The Morgan fingerprint density at radius 2 is 2.27 bits per heavy atom. The first-order chi connectivity index (χ1) is 5.24. The third-order valence-electron chi connectivity index (χ3n) is 1.32. The molecular weight excluding hydrogens is 160 g/mol. The van der Waals surface area contributed by atoms with Crippen LogP contribution in [0.1, 0.15) is 0 Å². The number of hydrogen-bond acceptors (Lipinski definition) is 2. The zero-order chi connectivity index (χ0) is 8.27. The van der Waals surface area contributed by atoms with Crippen LogP contribution >= 0.6 is 11.6 Å². The molecule has 0 atom stereocenters. The number of rotatable bonds is 1. The van der Waals surface area contributed by atoms with Crippen LogP contribution in [0.15, 0.2) is 35.0 Å². The largest absolute Gasteiger partial charge is 0.393 e. The average Bonchev–Trinajstić information content (AvgIpc) is 1.95. The fourth-order valence-corrected chi connectivity index (χ4v) is 0.982. The Kier molecular flexibility index (Phi) is 2.49. The van der Waals surface area contributed by atoms with Crippen LogP contribution in [0.2, 0.25) is 0 Å². The van der Waals surface area contributed by atoms with Crippen molar-refractivity contribution in [2.75, 3.05) is 7.05 Å². The second-order valence-corrected chi connectivity index (χ2v) is 2.60. The maximum atomic E-state index is 7.46. The Morgan fingerprint density at radius 1 is 1.55 bits per heavy atom. The zero-order valence-electron chi connectivity index (χ0n) is 6.19. The minimum absolute atomic E-state index is 0.437. The van der Waals surface area contributed by atoms with Gasteiger partial charge in [-0.2, -0.15) is 0 Å². The predicted molar refractivity (Wildman–Crippen MR) is 47.9 cm³/mol. The van der Waals surface area contributed by atoms with E-state index in [4.69, 9.17) is 17.0 Å². The number of allylic oxidation sites excluding steroid dienone is 5. The van der Waals surface area contributed by atoms with Crippen LogP contribution < -0.4 is 5.32 Å². The maximum absolute atomic E-state index is 7.46. The standard InChI is InChI=1S/C8H9ClN2/c1-11-5-6-2-3-7(9)4-8(6)10/h2-5,10-11H,1H3/b6-5-,10-8?. The highest BCUT2D eigenvalue weighted by molar-refractivity contribution is 6.34. The Hall–Kier alpha value is -1.02. The molecule has 0 aromatic rings. The Bertz CT molecular complexity index is 261. The Morgan fingerprint density at radius 3 is 2.82 bits per heavy atom. The molecule has 58 valence electrons. The molecule has 11 heavy (non-hydrogen) atoms. The van der Waals surface area contributed by atoms with Crippen molar-refractivity contribution >= 4 is 17.3 Å². The molecule has 0 spiro atoms. The molecular formula is C8H9ClN2. The molecule has 0 fully saturated rings. The molecule has 0 aromatic heterocycles. The summed E-state index contributed by atoms with van der Waals surface area (Å²) in [4.78, 5) is 0. The minimum atomic E-state index is 0.437. The van der Waals surface area contributed by atoms with Gasteiger partial charge in [0.15, 0.2) is 0 Å². The van der Waals surface area contributed by atoms with Crippen molar-refractivity contribution in [2.24, 2.45) is 0 Å². The van der Waals surface area contributed by atoms with E-state index in [2.05, 4.69) is 5.32 Å². The Balaban J connectivity index is 2.86. The summed E-state index contributed by atoms with van der Waals surface area (Å²) >= 11 is 5.66. The van der Waals surface area contributed by atoms with Gasteiger partial charge in [0.05, 0.1) is 5.71 Å². The van der Waals surface area contributed by atoms with E-state index in [9.17, 15) is 0 Å². The van der Waals surface area contributed by atoms with E-state index in [1.165, 1.54) is 0 Å². The Labute approximate surface area is 70.8 Å². The minimum Gasteiger partial charge on any atom is -0.393 e. The van der Waals surface area contributed by atoms with Crippen molar-refractivity contribution in [2.45, 2.75) is 0 Å². The van der Waals surface area contributed by atoms with E-state index >= 15 is 0 Å². The van der Waals surface area contributed by atoms with E-state index < -0.39 is 0 Å². The number of halogens is 1. The summed E-state index contributed by atoms with van der Waals surface area (Å²) < 4.78 is 0. The van der Waals surface area contributed by atoms with Crippen LogP contribution in [0, 0.1) is 5.41 Å². The number of hydrogen-bond donors (Lipinski definition) is 2. The molecule has 1 aliphatic carbocycles. The molecule has 0 saturated heterocycles. The van der Waals surface area contributed by atoms with E-state index in [0.717, 1.165) is 5.57 Å². The van der Waals surface area contributed by atoms with E-state index in [-0.39, 0.29) is 0 Å². The van der Waals surface area contributed by atoms with Gasteiger partial charge in [-0.25, -0.2) is 0 Å². The molecule has 3 heteroatoms. The van der Waals surface area contributed by atoms with Gasteiger partial charge in [0.1, 0.15) is 0 Å². The summed E-state index contributed by atoms with van der Waals surface area (Å²) in [5.74, 6) is 0. The first-order valence-corrected chi connectivity index (χ1v) is 3.63. The van der Waals surface area contributed by atoms with Crippen molar-refractivity contribution in [1.29, 1.82) is 5.41 Å². The molecule has 0 saturated carbocycles. The molecule has 0 bridgehead atoms. The van der Waals surface area contributed by atoms with Crippen LogP contribution in [-0.2, 0) is 0 Å². The summed E-state index contributed by atoms with van der Waals surface area (Å²) in [5.41, 5.74) is 1.28. The van der Waals surface area contributed by atoms with Crippen LogP contribution in [0.3, 0.4) is 0 Å². The van der Waals surface area contributed by atoms with Crippen molar-refractivity contribution in [3.05, 3.63) is 35.0 Å². The third kappa shape index (κ3) is 1.95. The van der Waals surface area contributed by atoms with Gasteiger partial charge in [0.25, 0.3) is 0 Å². The second-order valence-electron chi connectivity index (χ2n) is 2.16. The average molecular weight is 169 g/mol. The quantitative estimate of drug-likeness (QED) is 0.616. The molecule has 0 amide bonds. The van der Waals surface area contributed by atoms with Crippen LogP contribution in [0.4, 0.5) is 0 Å². The first-order valence-electron chi connectivity index (χ1n) is 3.25. The van der Waals surface area contributed by atoms with Gasteiger partial charge in [-0.3, -0.25) is 0 Å². The molecule has 0 aromatic carbocycles. The van der Waals surface area contributed by atoms with Gasteiger partial charge < -0.3 is 10.7 Å². The van der Waals surface area contributed by atoms with Crippen molar-refractivity contribution < 1.29 is 0 Å². The van der Waals surface area contributed by atoms with Crippen molar-refractivity contribution in [1.82, 2.24) is 5.32 Å². The summed E-state index contributed by atoms with van der Waals surface area (Å²) in [5, 5.41) is 10.9. The summed E-state index contributed by atoms with van der Waals surface area (Å²) in [7, 11) is 1.80. The molecule has 0 heterocycles. The monoisotopic (exact) mass is 168 g/mol. The van der Waals surface area contributed by atoms with Crippen molar-refractivity contribution in [3.8, 4) is 0 Å². The van der Waals surface area contributed by atoms with Gasteiger partial charge in [-0.05, 0) is 18.2 Å². The lowest BCUT2D eigenvalue weighted by atomic mass is 10.1. The van der Waals surface area contributed by atoms with Crippen LogP contribution in [-0.4, -0.2) is 12.8 Å². The molecule has 0 unspecified atom stereocenters. The first kappa shape index (κ1) is 8.08. The normalized spacial score (nSPS) is 20.4. The van der Waals surface area contributed by atoms with Gasteiger partial charge in [0, 0.05) is 23.9 Å². The van der Waals surface area contributed by atoms with Crippen LogP contribution in [0.25, 0.3) is 0 Å². The molecule has 0 aliphatic heterocycles. The van der Waals surface area contributed by atoms with E-state index in [1.807, 2.05) is 0 Å². The van der Waals surface area contributed by atoms with Crippen molar-refractivity contribution in [3.63, 3.8) is 0 Å². The predicted octanol–water partition coefficient (Wildman–Crippen LogP) is 1.80. The fraction of sp³-hybridized carbons (Fsp3) is 0.125.